The summed E-state index contributed by atoms with van der Waals surface area (Å²) in [5.41, 5.74) is 2.49. The molecule has 0 saturated heterocycles. The van der Waals surface area contributed by atoms with Crippen LogP contribution in [0.15, 0.2) is 30.5 Å². The van der Waals surface area contributed by atoms with E-state index in [4.69, 9.17) is 0 Å². The molecule has 0 spiro atoms. The maximum Gasteiger partial charge on any atom is 0.443 e. The lowest BCUT2D eigenvalue weighted by Gasteiger charge is -2.35. The molecule has 1 aliphatic carbocycles. The van der Waals surface area contributed by atoms with Crippen LogP contribution in [0.4, 0.5) is 13.2 Å². The minimum Gasteiger partial charge on any atom is -0.312 e. The number of hydrogen-bond donors (Lipinski definition) is 1. The monoisotopic (exact) mass is 298 g/mol. The van der Waals surface area contributed by atoms with E-state index in [2.05, 4.69) is 16.4 Å². The second kappa shape index (κ2) is 4.86. The minimum absolute atomic E-state index is 0.113. The van der Waals surface area contributed by atoms with Gasteiger partial charge < -0.3 is 5.32 Å². The zero-order valence-electron chi connectivity index (χ0n) is 10.7. The summed E-state index contributed by atoms with van der Waals surface area (Å²) < 4.78 is 37.9. The van der Waals surface area contributed by atoms with Crippen LogP contribution in [-0.2, 0) is 12.6 Å². The van der Waals surface area contributed by atoms with Crippen molar-refractivity contribution in [2.75, 3.05) is 7.05 Å². The Morgan fingerprint density at radius 3 is 2.70 bits per heavy atom. The summed E-state index contributed by atoms with van der Waals surface area (Å²) >= 11 is 0.726. The van der Waals surface area contributed by atoms with Crippen molar-refractivity contribution < 1.29 is 13.2 Å². The molecule has 0 radical (unpaired) electrons. The normalized spacial score (nSPS) is 19.3. The summed E-state index contributed by atoms with van der Waals surface area (Å²) in [7, 11) is 1.78. The number of thiazole rings is 1. The Hall–Kier alpha value is -1.40. The first kappa shape index (κ1) is 13.6. The van der Waals surface area contributed by atoms with Crippen LogP contribution < -0.4 is 5.32 Å². The highest BCUT2D eigenvalue weighted by Crippen LogP contribution is 2.45. The van der Waals surface area contributed by atoms with Gasteiger partial charge in [-0.05, 0) is 24.6 Å². The number of halogens is 3. The average Bonchev–Trinajstić information content (AvgIpc) is 2.85. The third kappa shape index (κ3) is 2.23. The molecule has 20 heavy (non-hydrogen) atoms. The Bertz CT molecular complexity index is 621. The van der Waals surface area contributed by atoms with Gasteiger partial charge in [0.1, 0.15) is 0 Å². The Morgan fingerprint density at radius 2 is 2.10 bits per heavy atom. The molecular formula is C14H13F3N2S. The van der Waals surface area contributed by atoms with Gasteiger partial charge in [-0.15, -0.1) is 11.3 Å². The van der Waals surface area contributed by atoms with Crippen LogP contribution >= 0.6 is 11.3 Å². The van der Waals surface area contributed by atoms with E-state index >= 15 is 0 Å². The predicted molar refractivity (Wildman–Crippen MR) is 71.8 cm³/mol. The molecule has 0 saturated carbocycles. The minimum atomic E-state index is -4.36. The average molecular weight is 298 g/mol. The highest BCUT2D eigenvalue weighted by Gasteiger charge is 2.38. The molecule has 0 aliphatic heterocycles. The fourth-order valence-corrected chi connectivity index (χ4v) is 3.66. The molecule has 1 aromatic heterocycles. The van der Waals surface area contributed by atoms with Crippen molar-refractivity contribution >= 4 is 11.3 Å². The lowest BCUT2D eigenvalue weighted by atomic mass is 9.73. The third-order valence-corrected chi connectivity index (χ3v) is 4.81. The van der Waals surface area contributed by atoms with Gasteiger partial charge >= 0.3 is 6.18 Å². The molecule has 1 aliphatic rings. The number of rotatable bonds is 3. The van der Waals surface area contributed by atoms with Crippen molar-refractivity contribution in [3.05, 3.63) is 51.5 Å². The van der Waals surface area contributed by atoms with E-state index in [1.807, 2.05) is 18.2 Å². The Labute approximate surface area is 118 Å². The molecule has 1 N–H and O–H groups in total. The quantitative estimate of drug-likeness (QED) is 0.933. The van der Waals surface area contributed by atoms with Crippen LogP contribution in [0.3, 0.4) is 0 Å². The molecule has 3 rings (SSSR count). The SMILES string of the molecule is CNC(c1cnc(C(F)(F)F)s1)C1Cc2ccccc21. The third-order valence-electron chi connectivity index (χ3n) is 3.68. The largest absolute Gasteiger partial charge is 0.443 e. The number of nitrogens with one attached hydrogen (secondary N) is 1. The lowest BCUT2D eigenvalue weighted by Crippen LogP contribution is -2.30. The molecule has 1 aromatic carbocycles. The van der Waals surface area contributed by atoms with Gasteiger partial charge in [-0.1, -0.05) is 24.3 Å². The van der Waals surface area contributed by atoms with Crippen LogP contribution in [0.5, 0.6) is 0 Å². The summed E-state index contributed by atoms with van der Waals surface area (Å²) in [6, 6.07) is 7.94. The first-order valence-corrected chi connectivity index (χ1v) is 7.10. The standard InChI is InChI=1S/C14H13F3N2S/c1-18-12(10-6-8-4-2-3-5-9(8)10)11-7-19-13(20-11)14(15,16)17/h2-5,7,10,12,18H,6H2,1H3. The molecule has 6 heteroatoms. The van der Waals surface area contributed by atoms with Crippen LogP contribution in [0.2, 0.25) is 0 Å². The first-order chi connectivity index (χ1) is 9.50. The molecular weight excluding hydrogens is 285 g/mol. The molecule has 0 fully saturated rings. The van der Waals surface area contributed by atoms with Crippen molar-refractivity contribution in [3.63, 3.8) is 0 Å². The van der Waals surface area contributed by atoms with E-state index in [-0.39, 0.29) is 12.0 Å². The fourth-order valence-electron chi connectivity index (χ4n) is 2.70. The predicted octanol–water partition coefficient (Wildman–Crippen LogP) is 3.76. The highest BCUT2D eigenvalue weighted by atomic mass is 32.1. The maximum absolute atomic E-state index is 12.6. The fraction of sp³-hybridized carbons (Fsp3) is 0.357. The number of fused-ring (bicyclic) bond motifs is 1. The van der Waals surface area contributed by atoms with Crippen LogP contribution in [0.1, 0.15) is 33.0 Å². The maximum atomic E-state index is 12.6. The van der Waals surface area contributed by atoms with Gasteiger partial charge in [0.15, 0.2) is 5.01 Å². The van der Waals surface area contributed by atoms with Crippen molar-refractivity contribution in [1.29, 1.82) is 0 Å². The zero-order valence-corrected chi connectivity index (χ0v) is 11.6. The van der Waals surface area contributed by atoms with Crippen molar-refractivity contribution in [1.82, 2.24) is 10.3 Å². The van der Waals surface area contributed by atoms with Crippen LogP contribution in [-0.4, -0.2) is 12.0 Å². The Morgan fingerprint density at radius 1 is 1.35 bits per heavy atom. The van der Waals surface area contributed by atoms with E-state index in [1.165, 1.54) is 17.3 Å². The van der Waals surface area contributed by atoms with E-state index in [0.717, 1.165) is 17.8 Å². The number of aromatic nitrogens is 1. The molecule has 2 atom stereocenters. The highest BCUT2D eigenvalue weighted by molar-refractivity contribution is 7.11. The van der Waals surface area contributed by atoms with Gasteiger partial charge in [0.05, 0.1) is 6.04 Å². The van der Waals surface area contributed by atoms with Gasteiger partial charge in [-0.2, -0.15) is 13.2 Å². The number of nitrogens with zero attached hydrogens (tertiary/aromatic N) is 1. The van der Waals surface area contributed by atoms with Gasteiger partial charge in [0.2, 0.25) is 0 Å². The summed E-state index contributed by atoms with van der Waals surface area (Å²) in [5, 5.41) is 2.35. The first-order valence-electron chi connectivity index (χ1n) is 6.28. The Kier molecular flexibility index (Phi) is 3.30. The second-order valence-corrected chi connectivity index (χ2v) is 5.90. The van der Waals surface area contributed by atoms with Gasteiger partial charge in [-0.3, -0.25) is 0 Å². The summed E-state index contributed by atoms with van der Waals surface area (Å²) in [4.78, 5) is 4.14. The number of likely N-dealkylation sites (N-methyl/N-ethyl adjacent to an activating group) is 1. The Balaban J connectivity index is 1.87. The summed E-state index contributed by atoms with van der Waals surface area (Å²) in [6.45, 7) is 0. The van der Waals surface area contributed by atoms with Gasteiger partial charge in [0.25, 0.3) is 0 Å². The number of hydrogen-bond acceptors (Lipinski definition) is 3. The number of benzene rings is 1. The number of alkyl halides is 3. The van der Waals surface area contributed by atoms with E-state index < -0.39 is 11.2 Å². The lowest BCUT2D eigenvalue weighted by molar-refractivity contribution is -0.137. The molecule has 2 unspecified atom stereocenters. The van der Waals surface area contributed by atoms with Crippen LogP contribution in [0, 0.1) is 0 Å². The molecule has 1 heterocycles. The molecule has 2 aromatic rings. The van der Waals surface area contributed by atoms with E-state index in [9.17, 15) is 13.2 Å². The smallest absolute Gasteiger partial charge is 0.312 e. The summed E-state index contributed by atoms with van der Waals surface area (Å²) in [6.07, 6.45) is -2.13. The topological polar surface area (TPSA) is 24.9 Å². The summed E-state index contributed by atoms with van der Waals surface area (Å²) in [5.74, 6) is 0.220. The van der Waals surface area contributed by atoms with E-state index in [0.29, 0.717) is 4.88 Å². The molecule has 0 bridgehead atoms. The molecule has 0 amide bonds. The molecule has 2 nitrogen and oxygen atoms in total. The van der Waals surface area contributed by atoms with Crippen molar-refractivity contribution in [3.8, 4) is 0 Å². The van der Waals surface area contributed by atoms with Gasteiger partial charge in [0, 0.05) is 17.0 Å². The zero-order chi connectivity index (χ0) is 14.3. The molecule has 106 valence electrons. The van der Waals surface area contributed by atoms with Gasteiger partial charge in [-0.25, -0.2) is 4.98 Å². The van der Waals surface area contributed by atoms with Crippen LogP contribution in [0.25, 0.3) is 0 Å². The van der Waals surface area contributed by atoms with Crippen molar-refractivity contribution in [2.24, 2.45) is 0 Å². The van der Waals surface area contributed by atoms with Crippen molar-refractivity contribution in [2.45, 2.75) is 24.6 Å². The van der Waals surface area contributed by atoms with E-state index in [1.54, 1.807) is 7.05 Å². The second-order valence-electron chi connectivity index (χ2n) is 4.84.